The third kappa shape index (κ3) is 6.11. The maximum atomic E-state index is 12.1. The molecule has 218 valence electrons. The highest BCUT2D eigenvalue weighted by Gasteiger charge is 2.30. The number of aromatic carboxylic acids is 1. The van der Waals surface area contributed by atoms with E-state index in [4.69, 9.17) is 15.7 Å². The standard InChI is InChI=1S/C26H32N8O5S2/c1-15-20(24(36)37)40-26(29-15)32-25-30-22(33-12-9-17(10-13-33)21(27)35)19-4-3-11-34(23(19)31-25)14-16-5-7-18(8-6-16)41(38,39)28-2/h5-8,17,28H,3-4,9-14H2,1-2H3,(H2,27,35)(H,36,37)(H,29,30,31,32). The van der Waals surface area contributed by atoms with Gasteiger partial charge in [0.05, 0.1) is 10.6 Å². The summed E-state index contributed by atoms with van der Waals surface area (Å²) in [6, 6.07) is 6.75. The number of anilines is 4. The lowest BCUT2D eigenvalue weighted by Gasteiger charge is -2.36. The zero-order valence-corrected chi connectivity index (χ0v) is 24.4. The lowest BCUT2D eigenvalue weighted by molar-refractivity contribution is -0.122. The molecule has 5 N–H and O–H groups in total. The third-order valence-corrected chi connectivity index (χ3v) is 9.89. The topological polar surface area (TPSA) is 184 Å². The van der Waals surface area contributed by atoms with Crippen molar-refractivity contribution in [2.45, 2.75) is 44.0 Å². The second-order valence-electron chi connectivity index (χ2n) is 10.1. The first-order valence-corrected chi connectivity index (χ1v) is 15.6. The molecule has 2 aliphatic rings. The van der Waals surface area contributed by atoms with Crippen LogP contribution in [0.1, 0.15) is 45.8 Å². The van der Waals surface area contributed by atoms with Crippen molar-refractivity contribution >= 4 is 56.0 Å². The molecule has 0 spiro atoms. The van der Waals surface area contributed by atoms with Crippen molar-refractivity contribution in [3.63, 3.8) is 0 Å². The van der Waals surface area contributed by atoms with E-state index in [1.807, 2.05) is 0 Å². The predicted octanol–water partition coefficient (Wildman–Crippen LogP) is 2.25. The van der Waals surface area contributed by atoms with Crippen molar-refractivity contribution in [1.82, 2.24) is 19.7 Å². The number of nitrogens with two attached hydrogens (primary N) is 1. The first-order valence-electron chi connectivity index (χ1n) is 13.3. The number of benzene rings is 1. The Hall–Kier alpha value is -3.82. The molecule has 4 heterocycles. The number of thiazole rings is 1. The van der Waals surface area contributed by atoms with Gasteiger partial charge in [-0.3, -0.25) is 10.1 Å². The molecule has 0 saturated carbocycles. The lowest BCUT2D eigenvalue weighted by atomic mass is 9.95. The minimum absolute atomic E-state index is 0.143. The number of aryl methyl sites for hydroxylation is 1. The fourth-order valence-corrected chi connectivity index (χ4v) is 6.73. The molecule has 1 aromatic carbocycles. The molecule has 41 heavy (non-hydrogen) atoms. The predicted molar refractivity (Wildman–Crippen MR) is 155 cm³/mol. The van der Waals surface area contributed by atoms with Crippen LogP contribution >= 0.6 is 11.3 Å². The number of carboxylic acids is 1. The van der Waals surface area contributed by atoms with Gasteiger partial charge in [-0.25, -0.2) is 22.9 Å². The molecular formula is C26H32N8O5S2. The summed E-state index contributed by atoms with van der Waals surface area (Å²) in [6.45, 7) is 4.13. The van der Waals surface area contributed by atoms with Gasteiger partial charge in [-0.1, -0.05) is 23.5 Å². The molecule has 15 heteroatoms. The normalized spacial score (nSPS) is 16.0. The number of fused-ring (bicyclic) bond motifs is 1. The van der Waals surface area contributed by atoms with Gasteiger partial charge in [-0.15, -0.1) is 0 Å². The fraction of sp³-hybridized carbons (Fsp3) is 0.423. The van der Waals surface area contributed by atoms with E-state index in [1.165, 1.54) is 7.05 Å². The van der Waals surface area contributed by atoms with Crippen molar-refractivity contribution in [2.75, 3.05) is 41.8 Å². The zero-order valence-electron chi connectivity index (χ0n) is 22.8. The van der Waals surface area contributed by atoms with Gasteiger partial charge in [0.15, 0.2) is 5.13 Å². The number of sulfonamides is 1. The van der Waals surface area contributed by atoms with Gasteiger partial charge in [-0.2, -0.15) is 9.97 Å². The maximum absolute atomic E-state index is 12.1. The Balaban J connectivity index is 1.49. The van der Waals surface area contributed by atoms with Crippen LogP contribution in [-0.4, -0.2) is 67.0 Å². The van der Waals surface area contributed by atoms with Crippen molar-refractivity contribution in [3.05, 3.63) is 46.0 Å². The van der Waals surface area contributed by atoms with Gasteiger partial charge in [-0.05, 0) is 57.4 Å². The summed E-state index contributed by atoms with van der Waals surface area (Å²) in [5.41, 5.74) is 7.88. The molecule has 3 aromatic rings. The quantitative estimate of drug-likeness (QED) is 0.282. The number of aromatic nitrogens is 3. The van der Waals surface area contributed by atoms with Crippen LogP contribution in [-0.2, 0) is 27.8 Å². The number of nitrogens with zero attached hydrogens (tertiary/aromatic N) is 5. The maximum Gasteiger partial charge on any atom is 0.347 e. The molecule has 0 aliphatic carbocycles. The smallest absolute Gasteiger partial charge is 0.347 e. The Morgan fingerprint density at radius 3 is 2.39 bits per heavy atom. The van der Waals surface area contributed by atoms with E-state index in [9.17, 15) is 23.1 Å². The monoisotopic (exact) mass is 600 g/mol. The Kier molecular flexibility index (Phi) is 8.11. The Morgan fingerprint density at radius 1 is 1.10 bits per heavy atom. The molecule has 1 amide bonds. The van der Waals surface area contributed by atoms with E-state index in [1.54, 1.807) is 31.2 Å². The largest absolute Gasteiger partial charge is 0.477 e. The van der Waals surface area contributed by atoms with Gasteiger partial charge in [0, 0.05) is 37.7 Å². The number of nitrogens with one attached hydrogen (secondary N) is 2. The zero-order chi connectivity index (χ0) is 29.3. The van der Waals surface area contributed by atoms with E-state index >= 15 is 0 Å². The molecule has 5 rings (SSSR count). The van der Waals surface area contributed by atoms with Gasteiger partial charge in [0.25, 0.3) is 0 Å². The average molecular weight is 601 g/mol. The van der Waals surface area contributed by atoms with Crippen LogP contribution in [0, 0.1) is 12.8 Å². The molecule has 1 saturated heterocycles. The number of hydrogen-bond donors (Lipinski definition) is 4. The molecule has 0 atom stereocenters. The van der Waals surface area contributed by atoms with Crippen LogP contribution in [0.4, 0.5) is 22.7 Å². The van der Waals surface area contributed by atoms with Crippen molar-refractivity contribution in [3.8, 4) is 0 Å². The summed E-state index contributed by atoms with van der Waals surface area (Å²) in [7, 11) is -2.16. The number of hydrogen-bond acceptors (Lipinski definition) is 11. The van der Waals surface area contributed by atoms with Crippen LogP contribution in [0.5, 0.6) is 0 Å². The highest BCUT2D eigenvalue weighted by molar-refractivity contribution is 7.89. The highest BCUT2D eigenvalue weighted by atomic mass is 32.2. The van der Waals surface area contributed by atoms with Crippen LogP contribution in [0.15, 0.2) is 29.2 Å². The van der Waals surface area contributed by atoms with E-state index in [0.717, 1.165) is 53.5 Å². The fourth-order valence-electron chi connectivity index (χ4n) is 5.20. The van der Waals surface area contributed by atoms with Gasteiger partial charge in [0.2, 0.25) is 21.9 Å². The molecule has 2 aromatic heterocycles. The Bertz CT molecular complexity index is 1570. The van der Waals surface area contributed by atoms with Crippen LogP contribution in [0.3, 0.4) is 0 Å². The molecule has 0 unspecified atom stereocenters. The number of amides is 1. The first-order chi connectivity index (χ1) is 19.6. The van der Waals surface area contributed by atoms with Crippen LogP contribution in [0.25, 0.3) is 0 Å². The number of primary amides is 1. The molecule has 0 bridgehead atoms. The highest BCUT2D eigenvalue weighted by Crippen LogP contribution is 2.37. The SMILES string of the molecule is CNS(=O)(=O)c1ccc(CN2CCCc3c(N4CCC(C(N)=O)CC4)nc(Nc4nc(C)c(C(=O)O)s4)nc32)cc1. The molecular weight excluding hydrogens is 568 g/mol. The first kappa shape index (κ1) is 28.7. The Labute approximate surface area is 241 Å². The summed E-state index contributed by atoms with van der Waals surface area (Å²) in [4.78, 5) is 42.0. The van der Waals surface area contributed by atoms with Crippen molar-refractivity contribution in [2.24, 2.45) is 11.7 Å². The summed E-state index contributed by atoms with van der Waals surface area (Å²) in [5.74, 6) is 0.318. The van der Waals surface area contributed by atoms with Gasteiger partial charge < -0.3 is 20.6 Å². The second-order valence-corrected chi connectivity index (χ2v) is 13.0. The third-order valence-electron chi connectivity index (χ3n) is 7.40. The van der Waals surface area contributed by atoms with E-state index in [0.29, 0.717) is 49.2 Å². The minimum Gasteiger partial charge on any atom is -0.477 e. The van der Waals surface area contributed by atoms with Crippen molar-refractivity contribution < 1.29 is 23.1 Å². The summed E-state index contributed by atoms with van der Waals surface area (Å²) < 4.78 is 26.6. The van der Waals surface area contributed by atoms with E-state index < -0.39 is 16.0 Å². The molecule has 13 nitrogen and oxygen atoms in total. The van der Waals surface area contributed by atoms with Crippen LogP contribution < -0.4 is 25.6 Å². The second kappa shape index (κ2) is 11.6. The van der Waals surface area contributed by atoms with Crippen LogP contribution in [0.2, 0.25) is 0 Å². The molecule has 0 radical (unpaired) electrons. The van der Waals surface area contributed by atoms with Gasteiger partial charge in [0.1, 0.15) is 16.5 Å². The number of piperidine rings is 1. The minimum atomic E-state index is -3.53. The number of carboxylic acid groups (broad SMARTS) is 1. The average Bonchev–Trinajstić information content (AvgIpc) is 3.33. The Morgan fingerprint density at radius 2 is 1.78 bits per heavy atom. The van der Waals surface area contributed by atoms with Crippen molar-refractivity contribution in [1.29, 1.82) is 0 Å². The van der Waals surface area contributed by atoms with E-state index in [-0.39, 0.29) is 21.6 Å². The lowest BCUT2D eigenvalue weighted by Crippen LogP contribution is -2.40. The number of carbonyl (C=O) groups excluding carboxylic acids is 1. The van der Waals surface area contributed by atoms with E-state index in [2.05, 4.69) is 24.8 Å². The molecule has 2 aliphatic heterocycles. The summed E-state index contributed by atoms with van der Waals surface area (Å²) in [6.07, 6.45) is 2.93. The molecule has 1 fully saturated rings. The summed E-state index contributed by atoms with van der Waals surface area (Å²) >= 11 is 1.02. The summed E-state index contributed by atoms with van der Waals surface area (Å²) in [5, 5.41) is 12.9. The number of rotatable bonds is 9. The van der Waals surface area contributed by atoms with Gasteiger partial charge >= 0.3 is 5.97 Å². The number of carbonyl (C=O) groups is 2.